The summed E-state index contributed by atoms with van der Waals surface area (Å²) in [5, 5.41) is 70.4. The van der Waals surface area contributed by atoms with E-state index in [1.807, 2.05) is 6.07 Å². The Bertz CT molecular complexity index is 1610. The molecular formula is C28H24O12. The second-order valence-electron chi connectivity index (χ2n) is 9.25. The van der Waals surface area contributed by atoms with Gasteiger partial charge in [-0.05, 0) is 29.8 Å². The highest BCUT2D eigenvalue weighted by molar-refractivity contribution is 5.90. The lowest BCUT2D eigenvalue weighted by Crippen LogP contribution is -2.61. The zero-order valence-corrected chi connectivity index (χ0v) is 20.5. The van der Waals surface area contributed by atoms with Crippen molar-refractivity contribution in [2.75, 3.05) is 0 Å². The molecule has 1 aromatic heterocycles. The quantitative estimate of drug-likeness (QED) is 0.170. The molecule has 1 aliphatic heterocycles. The lowest BCUT2D eigenvalue weighted by molar-refractivity contribution is -0.271. The number of ether oxygens (including phenoxy) is 2. The van der Waals surface area contributed by atoms with Gasteiger partial charge >= 0.3 is 5.97 Å². The van der Waals surface area contributed by atoms with Gasteiger partial charge in [-0.1, -0.05) is 30.3 Å². The molecule has 40 heavy (non-hydrogen) atoms. The molecule has 1 fully saturated rings. The number of benzene rings is 3. The van der Waals surface area contributed by atoms with E-state index in [1.54, 1.807) is 24.3 Å². The van der Waals surface area contributed by atoms with Gasteiger partial charge in [-0.25, -0.2) is 4.79 Å². The van der Waals surface area contributed by atoms with Crippen molar-refractivity contribution in [1.29, 1.82) is 0 Å². The molecule has 0 spiro atoms. The maximum atomic E-state index is 13.7. The Kier molecular flexibility index (Phi) is 7.08. The van der Waals surface area contributed by atoms with E-state index < -0.39 is 59.4 Å². The van der Waals surface area contributed by atoms with Crippen LogP contribution in [0.4, 0.5) is 0 Å². The highest BCUT2D eigenvalue weighted by atomic mass is 16.7. The fraction of sp³-hybridized carbons (Fsp3) is 0.214. The number of carboxylic acids is 1. The summed E-state index contributed by atoms with van der Waals surface area (Å²) in [6, 6.07) is 15.9. The molecule has 5 rings (SSSR count). The van der Waals surface area contributed by atoms with E-state index in [9.17, 15) is 45.3 Å². The summed E-state index contributed by atoms with van der Waals surface area (Å²) in [4.78, 5) is 25.1. The van der Waals surface area contributed by atoms with Crippen molar-refractivity contribution in [3.8, 4) is 34.3 Å². The number of aliphatic hydroxyl groups is 3. The van der Waals surface area contributed by atoms with Crippen LogP contribution in [0.5, 0.6) is 23.0 Å². The molecule has 7 N–H and O–H groups in total. The zero-order chi connectivity index (χ0) is 28.7. The molecule has 0 unspecified atom stereocenters. The van der Waals surface area contributed by atoms with Crippen molar-refractivity contribution in [2.45, 2.75) is 37.1 Å². The molecule has 12 nitrogen and oxygen atoms in total. The molecule has 4 aromatic rings. The Morgan fingerprint density at radius 1 is 0.875 bits per heavy atom. The summed E-state index contributed by atoms with van der Waals surface area (Å²) >= 11 is 0. The number of aromatic hydroxyl groups is 3. The van der Waals surface area contributed by atoms with Crippen molar-refractivity contribution in [3.63, 3.8) is 0 Å². The van der Waals surface area contributed by atoms with Crippen molar-refractivity contribution in [3.05, 3.63) is 82.0 Å². The predicted octanol–water partition coefficient (Wildman–Crippen LogP) is 1.44. The van der Waals surface area contributed by atoms with Crippen LogP contribution in [-0.4, -0.2) is 72.4 Å². The summed E-state index contributed by atoms with van der Waals surface area (Å²) < 4.78 is 16.5. The number of rotatable bonds is 6. The van der Waals surface area contributed by atoms with Crippen molar-refractivity contribution >= 4 is 16.9 Å². The van der Waals surface area contributed by atoms with Gasteiger partial charge in [0.05, 0.1) is 0 Å². The molecule has 0 radical (unpaired) electrons. The first-order valence-electron chi connectivity index (χ1n) is 12.0. The first kappa shape index (κ1) is 27.0. The topological polar surface area (TPSA) is 207 Å². The van der Waals surface area contributed by atoms with E-state index in [0.717, 1.165) is 11.6 Å². The molecule has 2 heterocycles. The summed E-state index contributed by atoms with van der Waals surface area (Å²) in [7, 11) is 0. The number of aliphatic hydroxyl groups excluding tert-OH is 3. The number of fused-ring (bicyclic) bond motifs is 1. The van der Waals surface area contributed by atoms with Gasteiger partial charge in [-0.3, -0.25) is 4.79 Å². The van der Waals surface area contributed by atoms with Gasteiger partial charge in [-0.2, -0.15) is 0 Å². The van der Waals surface area contributed by atoms with Crippen LogP contribution in [-0.2, 0) is 16.0 Å². The Hall–Kier alpha value is -4.62. The molecule has 208 valence electrons. The molecule has 3 aromatic carbocycles. The highest BCUT2D eigenvalue weighted by Crippen LogP contribution is 2.43. The Labute approximate surface area is 225 Å². The third kappa shape index (κ3) is 4.80. The Morgan fingerprint density at radius 2 is 1.55 bits per heavy atom. The monoisotopic (exact) mass is 552 g/mol. The SMILES string of the molecule is O=C(O)[C@H]1O[C@H](Oc2cc3oc(-c4ccc(O)cc4)c(Cc4ccccc4)c(=O)c3c(O)c2O)[C@H](O)[C@@H](O)[C@@H]1O. The number of phenols is 3. The maximum Gasteiger partial charge on any atom is 0.335 e. The fourth-order valence-corrected chi connectivity index (χ4v) is 4.51. The molecule has 5 atom stereocenters. The standard InChI is InChI=1S/C28H24O12/c29-14-8-6-13(7-9-14)25-15(10-12-4-2-1-3-5-12)19(30)18-16(38-25)11-17(20(31)21(18)32)39-28-24(35)22(33)23(34)26(40-28)27(36)37/h1-9,11,22-24,26,28-29,31-35H,10H2,(H,36,37)/t22-,23-,24+,26-,28-/m0/s1. The summed E-state index contributed by atoms with van der Waals surface area (Å²) in [6.07, 6.45) is -9.67. The molecule has 1 saturated heterocycles. The molecule has 0 bridgehead atoms. The summed E-state index contributed by atoms with van der Waals surface area (Å²) in [5.41, 5.74) is 0.433. The minimum Gasteiger partial charge on any atom is -0.508 e. The van der Waals surface area contributed by atoms with E-state index in [2.05, 4.69) is 0 Å². The number of hydrogen-bond acceptors (Lipinski definition) is 11. The van der Waals surface area contributed by atoms with E-state index in [4.69, 9.17) is 13.9 Å². The molecule has 0 aliphatic carbocycles. The lowest BCUT2D eigenvalue weighted by atomic mass is 9.98. The van der Waals surface area contributed by atoms with Crippen LogP contribution < -0.4 is 10.2 Å². The summed E-state index contributed by atoms with van der Waals surface area (Å²) in [6.45, 7) is 0. The minimum absolute atomic E-state index is 0.0206. The van der Waals surface area contributed by atoms with Crippen LogP contribution in [0.15, 0.2) is 69.9 Å². The first-order valence-corrected chi connectivity index (χ1v) is 12.0. The third-order valence-corrected chi connectivity index (χ3v) is 6.60. The van der Waals surface area contributed by atoms with Gasteiger partial charge in [0.15, 0.2) is 17.6 Å². The number of carbonyl (C=O) groups is 1. The smallest absolute Gasteiger partial charge is 0.335 e. The van der Waals surface area contributed by atoms with Crippen molar-refractivity contribution < 1.29 is 54.4 Å². The number of phenolic OH excluding ortho intramolecular Hbond substituents is 3. The summed E-state index contributed by atoms with van der Waals surface area (Å²) in [5.74, 6) is -3.98. The van der Waals surface area contributed by atoms with Gasteiger partial charge in [0.2, 0.25) is 17.5 Å². The molecule has 0 saturated carbocycles. The van der Waals surface area contributed by atoms with E-state index in [0.29, 0.717) is 5.56 Å². The molecule has 1 aliphatic rings. The van der Waals surface area contributed by atoms with Gasteiger partial charge < -0.3 is 49.6 Å². The highest BCUT2D eigenvalue weighted by Gasteiger charge is 2.48. The predicted molar refractivity (Wildman–Crippen MR) is 137 cm³/mol. The van der Waals surface area contributed by atoms with Gasteiger partial charge in [0.1, 0.15) is 40.8 Å². The van der Waals surface area contributed by atoms with E-state index in [-0.39, 0.29) is 34.5 Å². The van der Waals surface area contributed by atoms with Crippen LogP contribution in [0.3, 0.4) is 0 Å². The third-order valence-electron chi connectivity index (χ3n) is 6.60. The molecule has 12 heteroatoms. The van der Waals surface area contributed by atoms with E-state index in [1.165, 1.54) is 24.3 Å². The average Bonchev–Trinajstić information content (AvgIpc) is 2.93. The van der Waals surface area contributed by atoms with Crippen LogP contribution >= 0.6 is 0 Å². The van der Waals surface area contributed by atoms with Crippen LogP contribution in [0, 0.1) is 0 Å². The van der Waals surface area contributed by atoms with Crippen molar-refractivity contribution in [1.82, 2.24) is 0 Å². The fourth-order valence-electron chi connectivity index (χ4n) is 4.51. The first-order chi connectivity index (χ1) is 19.1. The normalized spacial score (nSPS) is 22.7. The number of carboxylic acid groups (broad SMARTS) is 1. The Balaban J connectivity index is 1.64. The van der Waals surface area contributed by atoms with Crippen LogP contribution in [0.2, 0.25) is 0 Å². The van der Waals surface area contributed by atoms with Gasteiger partial charge in [0.25, 0.3) is 0 Å². The number of aliphatic carboxylic acids is 1. The largest absolute Gasteiger partial charge is 0.508 e. The molecule has 0 amide bonds. The Morgan fingerprint density at radius 3 is 2.20 bits per heavy atom. The van der Waals surface area contributed by atoms with Crippen LogP contribution in [0.1, 0.15) is 11.1 Å². The number of hydrogen-bond donors (Lipinski definition) is 7. The zero-order valence-electron chi connectivity index (χ0n) is 20.5. The van der Waals surface area contributed by atoms with E-state index >= 15 is 0 Å². The lowest BCUT2D eigenvalue weighted by Gasteiger charge is -2.38. The van der Waals surface area contributed by atoms with Gasteiger partial charge in [0, 0.05) is 23.6 Å². The second kappa shape index (κ2) is 10.5. The van der Waals surface area contributed by atoms with Crippen LogP contribution in [0.25, 0.3) is 22.3 Å². The van der Waals surface area contributed by atoms with Crippen molar-refractivity contribution in [2.24, 2.45) is 0 Å². The minimum atomic E-state index is -1.98. The molecular weight excluding hydrogens is 528 g/mol. The second-order valence-corrected chi connectivity index (χ2v) is 9.25. The van der Waals surface area contributed by atoms with Gasteiger partial charge in [-0.15, -0.1) is 0 Å². The average molecular weight is 552 g/mol. The maximum absolute atomic E-state index is 13.7.